The molecule has 0 amide bonds. The molecule has 0 atom stereocenters. The second kappa shape index (κ2) is 3.84. The molecule has 0 saturated carbocycles. The highest BCUT2D eigenvalue weighted by atomic mass is 16.1. The second-order valence-electron chi connectivity index (χ2n) is 4.32. The topological polar surface area (TPSA) is 59.8 Å². The maximum Gasteiger partial charge on any atom is 0.281 e. The molecule has 0 saturated heterocycles. The lowest BCUT2D eigenvalue weighted by molar-refractivity contribution is 0.670. The monoisotopic (exact) mass is 230 g/mol. The second-order valence-corrected chi connectivity index (χ2v) is 4.32. The van der Waals surface area contributed by atoms with E-state index in [0.29, 0.717) is 11.0 Å². The fraction of sp³-hybridized carbons (Fsp3) is 0.417. The minimum Gasteiger partial charge on any atom is -0.325 e. The predicted octanol–water partition coefficient (Wildman–Crippen LogP) is 0.844. The van der Waals surface area contributed by atoms with Gasteiger partial charge in [-0.25, -0.2) is 14.6 Å². The Labute approximate surface area is 98.5 Å². The number of nitrogens with zero attached hydrogens (tertiary/aromatic N) is 3. The van der Waals surface area contributed by atoms with Crippen LogP contribution in [0.4, 0.5) is 0 Å². The Hall–Kier alpha value is -1.91. The largest absolute Gasteiger partial charge is 0.325 e. The van der Waals surface area contributed by atoms with Crippen LogP contribution in [0.25, 0.3) is 11.0 Å². The van der Waals surface area contributed by atoms with Gasteiger partial charge in [-0.2, -0.15) is 0 Å². The van der Waals surface area contributed by atoms with Crippen molar-refractivity contribution in [3.63, 3.8) is 0 Å². The summed E-state index contributed by atoms with van der Waals surface area (Å²) in [5, 5.41) is 0.600. The summed E-state index contributed by atoms with van der Waals surface area (Å²) in [7, 11) is 1.70. The fourth-order valence-electron chi connectivity index (χ4n) is 2.33. The highest BCUT2D eigenvalue weighted by molar-refractivity contribution is 5.74. The van der Waals surface area contributed by atoms with E-state index in [1.54, 1.807) is 7.05 Å². The summed E-state index contributed by atoms with van der Waals surface area (Å²) in [4.78, 5) is 20.8. The lowest BCUT2D eigenvalue weighted by Gasteiger charge is -2.15. The first-order valence-electron chi connectivity index (χ1n) is 5.87. The molecule has 17 heavy (non-hydrogen) atoms. The number of aryl methyl sites for hydroxylation is 2. The molecule has 88 valence electrons. The number of nitrogens with one attached hydrogen (secondary N) is 1. The molecular weight excluding hydrogens is 216 g/mol. The van der Waals surface area contributed by atoms with Crippen LogP contribution in [-0.4, -0.2) is 21.7 Å². The molecule has 0 fully saturated rings. The summed E-state index contributed by atoms with van der Waals surface area (Å²) in [6, 6.07) is 1.96. The van der Waals surface area contributed by atoms with Crippen LogP contribution >= 0.6 is 0 Å². The van der Waals surface area contributed by atoms with Gasteiger partial charge in [-0.05, 0) is 37.3 Å². The number of aromatic nitrogens is 3. The van der Waals surface area contributed by atoms with Crippen LogP contribution in [0.1, 0.15) is 24.1 Å². The van der Waals surface area contributed by atoms with Gasteiger partial charge < -0.3 is 5.43 Å². The number of rotatable bonds is 1. The molecule has 2 aromatic heterocycles. The van der Waals surface area contributed by atoms with Gasteiger partial charge in [-0.3, -0.25) is 4.79 Å². The van der Waals surface area contributed by atoms with E-state index in [1.165, 1.54) is 29.4 Å². The Morgan fingerprint density at radius 3 is 3.00 bits per heavy atom. The van der Waals surface area contributed by atoms with E-state index >= 15 is 0 Å². The van der Waals surface area contributed by atoms with E-state index in [1.807, 2.05) is 6.07 Å². The first-order valence-corrected chi connectivity index (χ1v) is 5.87. The first-order chi connectivity index (χ1) is 8.29. The summed E-state index contributed by atoms with van der Waals surface area (Å²) in [5.41, 5.74) is 5.57. The number of fused-ring (bicyclic) bond motifs is 2. The van der Waals surface area contributed by atoms with E-state index in [-0.39, 0.29) is 5.56 Å². The molecule has 0 aliphatic heterocycles. The molecule has 0 aromatic carbocycles. The summed E-state index contributed by atoms with van der Waals surface area (Å²) >= 11 is 0. The van der Waals surface area contributed by atoms with Crippen LogP contribution in [0.2, 0.25) is 0 Å². The molecule has 2 heterocycles. The summed E-state index contributed by atoms with van der Waals surface area (Å²) in [6.45, 7) is 0. The third-order valence-corrected chi connectivity index (χ3v) is 3.27. The molecule has 3 rings (SSSR count). The van der Waals surface area contributed by atoms with Crippen LogP contribution < -0.4 is 11.0 Å². The first kappa shape index (κ1) is 10.3. The van der Waals surface area contributed by atoms with Crippen molar-refractivity contribution in [3.05, 3.63) is 34.0 Å². The minimum absolute atomic E-state index is 0.0848. The zero-order valence-corrected chi connectivity index (χ0v) is 9.73. The molecule has 1 N–H and O–H groups in total. The van der Waals surface area contributed by atoms with Gasteiger partial charge >= 0.3 is 0 Å². The summed E-state index contributed by atoms with van der Waals surface area (Å²) in [6.07, 6.45) is 5.86. The van der Waals surface area contributed by atoms with E-state index in [4.69, 9.17) is 0 Å². The molecule has 1 aliphatic rings. The normalized spacial score (nSPS) is 14.6. The summed E-state index contributed by atoms with van der Waals surface area (Å²) in [5.74, 6) is 0. The molecule has 0 bridgehead atoms. The van der Waals surface area contributed by atoms with Crippen LogP contribution in [0, 0.1) is 0 Å². The van der Waals surface area contributed by atoms with E-state index in [9.17, 15) is 4.79 Å². The third-order valence-electron chi connectivity index (χ3n) is 3.27. The molecule has 5 heteroatoms. The number of hydrogen-bond acceptors (Lipinski definition) is 4. The fourth-order valence-corrected chi connectivity index (χ4v) is 2.33. The van der Waals surface area contributed by atoms with Crippen molar-refractivity contribution in [3.8, 4) is 0 Å². The maximum absolute atomic E-state index is 12.1. The predicted molar refractivity (Wildman–Crippen MR) is 65.7 cm³/mol. The standard InChI is InChI=1S/C12H14N4O/c1-13-16-7-14-11-9(12(16)17)6-8-4-2-3-5-10(8)15-11/h6-7,13H,2-5H2,1H3. The van der Waals surface area contributed by atoms with E-state index in [2.05, 4.69) is 15.4 Å². The van der Waals surface area contributed by atoms with Gasteiger partial charge in [0, 0.05) is 12.7 Å². The van der Waals surface area contributed by atoms with Crippen LogP contribution in [0.5, 0.6) is 0 Å². The van der Waals surface area contributed by atoms with Gasteiger partial charge in [0.05, 0.1) is 5.39 Å². The summed E-state index contributed by atoms with van der Waals surface area (Å²) < 4.78 is 1.37. The Bertz CT molecular complexity index is 632. The lowest BCUT2D eigenvalue weighted by Crippen LogP contribution is -2.27. The van der Waals surface area contributed by atoms with E-state index in [0.717, 1.165) is 18.5 Å². The zero-order valence-electron chi connectivity index (χ0n) is 9.73. The van der Waals surface area contributed by atoms with Crippen LogP contribution in [0.15, 0.2) is 17.2 Å². The average molecular weight is 230 g/mol. The quantitative estimate of drug-likeness (QED) is 0.788. The highest BCUT2D eigenvalue weighted by Crippen LogP contribution is 2.21. The number of hydrogen-bond donors (Lipinski definition) is 1. The maximum atomic E-state index is 12.1. The van der Waals surface area contributed by atoms with Gasteiger partial charge in [-0.15, -0.1) is 0 Å². The van der Waals surface area contributed by atoms with Gasteiger partial charge in [-0.1, -0.05) is 0 Å². The molecule has 2 aromatic rings. The van der Waals surface area contributed by atoms with Crippen LogP contribution in [0.3, 0.4) is 0 Å². The highest BCUT2D eigenvalue weighted by Gasteiger charge is 2.14. The average Bonchev–Trinajstić information content (AvgIpc) is 2.37. The molecule has 1 aliphatic carbocycles. The lowest BCUT2D eigenvalue weighted by atomic mass is 9.95. The van der Waals surface area contributed by atoms with Crippen molar-refractivity contribution in [1.82, 2.24) is 14.6 Å². The molecular formula is C12H14N4O. The van der Waals surface area contributed by atoms with E-state index < -0.39 is 0 Å². The van der Waals surface area contributed by atoms with Gasteiger partial charge in [0.15, 0.2) is 5.65 Å². The smallest absolute Gasteiger partial charge is 0.281 e. The van der Waals surface area contributed by atoms with Gasteiger partial charge in [0.1, 0.15) is 6.33 Å². The number of pyridine rings is 1. The Balaban J connectivity index is 2.30. The minimum atomic E-state index is -0.0848. The third kappa shape index (κ3) is 1.58. The van der Waals surface area contributed by atoms with Crippen molar-refractivity contribution in [2.24, 2.45) is 0 Å². The molecule has 0 spiro atoms. The van der Waals surface area contributed by atoms with Crippen molar-refractivity contribution in [2.75, 3.05) is 12.5 Å². The van der Waals surface area contributed by atoms with Crippen molar-refractivity contribution in [1.29, 1.82) is 0 Å². The SMILES string of the molecule is CNn1cnc2nc3c(cc2c1=O)CCCC3. The van der Waals surface area contributed by atoms with Crippen molar-refractivity contribution in [2.45, 2.75) is 25.7 Å². The van der Waals surface area contributed by atoms with Gasteiger partial charge in [0.2, 0.25) is 0 Å². The molecule has 0 unspecified atom stereocenters. The Morgan fingerprint density at radius 1 is 1.35 bits per heavy atom. The van der Waals surface area contributed by atoms with Crippen molar-refractivity contribution < 1.29 is 0 Å². The van der Waals surface area contributed by atoms with Crippen LogP contribution in [-0.2, 0) is 12.8 Å². The Kier molecular flexibility index (Phi) is 2.31. The van der Waals surface area contributed by atoms with Gasteiger partial charge in [0.25, 0.3) is 5.56 Å². The molecule has 5 nitrogen and oxygen atoms in total. The zero-order chi connectivity index (χ0) is 11.8. The Morgan fingerprint density at radius 2 is 2.18 bits per heavy atom. The van der Waals surface area contributed by atoms with Crippen molar-refractivity contribution >= 4 is 11.0 Å². The molecule has 0 radical (unpaired) electrons.